The van der Waals surface area contributed by atoms with Crippen molar-refractivity contribution in [1.82, 2.24) is 9.80 Å². The lowest BCUT2D eigenvalue weighted by Gasteiger charge is -2.43. The first-order valence-electron chi connectivity index (χ1n) is 8.90. The molecule has 1 aliphatic carbocycles. The van der Waals surface area contributed by atoms with Crippen LogP contribution in [0, 0.1) is 5.92 Å². The van der Waals surface area contributed by atoms with E-state index < -0.39 is 0 Å². The van der Waals surface area contributed by atoms with E-state index in [1.165, 1.54) is 64.8 Å². The zero-order chi connectivity index (χ0) is 14.5. The second-order valence-electron chi connectivity index (χ2n) is 6.72. The minimum Gasteiger partial charge on any atom is -0.301 e. The lowest BCUT2D eigenvalue weighted by atomic mass is 9.80. The van der Waals surface area contributed by atoms with Gasteiger partial charge in [-0.15, -0.1) is 12.4 Å². The van der Waals surface area contributed by atoms with Gasteiger partial charge in [-0.3, -0.25) is 4.90 Å². The van der Waals surface area contributed by atoms with E-state index in [0.29, 0.717) is 6.04 Å². The van der Waals surface area contributed by atoms with Crippen LogP contribution in [0.4, 0.5) is 0 Å². The van der Waals surface area contributed by atoms with Gasteiger partial charge in [0.05, 0.1) is 0 Å². The van der Waals surface area contributed by atoms with E-state index >= 15 is 0 Å². The third-order valence-electron chi connectivity index (χ3n) is 5.48. The molecule has 0 aromatic heterocycles. The molecule has 1 aliphatic heterocycles. The Labute approximate surface area is 142 Å². The topological polar surface area (TPSA) is 6.48 Å². The molecule has 0 bridgehead atoms. The first-order valence-corrected chi connectivity index (χ1v) is 8.90. The molecule has 1 unspecified atom stereocenters. The van der Waals surface area contributed by atoms with Gasteiger partial charge in [-0.05, 0) is 30.9 Å². The highest BCUT2D eigenvalue weighted by Gasteiger charge is 2.31. The Morgan fingerprint density at radius 2 is 1.59 bits per heavy atom. The molecule has 3 heteroatoms. The maximum absolute atomic E-state index is 2.78. The summed E-state index contributed by atoms with van der Waals surface area (Å²) in [7, 11) is 0. The third kappa shape index (κ3) is 4.24. The van der Waals surface area contributed by atoms with E-state index in [2.05, 4.69) is 47.1 Å². The van der Waals surface area contributed by atoms with Crippen LogP contribution in [0.1, 0.15) is 50.6 Å². The predicted molar refractivity (Wildman–Crippen MR) is 96.7 cm³/mol. The molecule has 3 rings (SSSR count). The Kier molecular flexibility index (Phi) is 7.20. The average molecular weight is 323 g/mol. The Morgan fingerprint density at radius 1 is 0.955 bits per heavy atom. The molecule has 2 aliphatic rings. The van der Waals surface area contributed by atoms with Crippen molar-refractivity contribution in [2.75, 3.05) is 32.7 Å². The van der Waals surface area contributed by atoms with Crippen LogP contribution in [0.5, 0.6) is 0 Å². The maximum atomic E-state index is 2.78. The van der Waals surface area contributed by atoms with Gasteiger partial charge in [-0.25, -0.2) is 0 Å². The van der Waals surface area contributed by atoms with Crippen molar-refractivity contribution in [3.63, 3.8) is 0 Å². The van der Waals surface area contributed by atoms with Crippen molar-refractivity contribution in [3.8, 4) is 0 Å². The molecule has 0 N–H and O–H groups in total. The smallest absolute Gasteiger partial charge is 0.0377 e. The number of halogens is 1. The summed E-state index contributed by atoms with van der Waals surface area (Å²) < 4.78 is 0. The highest BCUT2D eigenvalue weighted by molar-refractivity contribution is 5.85. The molecule has 1 aromatic carbocycles. The zero-order valence-corrected chi connectivity index (χ0v) is 14.7. The molecule has 2 fully saturated rings. The Hall–Kier alpha value is -0.570. The fourth-order valence-electron chi connectivity index (χ4n) is 4.24. The molecule has 1 saturated carbocycles. The van der Waals surface area contributed by atoms with Crippen molar-refractivity contribution >= 4 is 12.4 Å². The van der Waals surface area contributed by atoms with Crippen molar-refractivity contribution in [2.24, 2.45) is 5.92 Å². The van der Waals surface area contributed by atoms with Crippen LogP contribution in [0.15, 0.2) is 30.3 Å². The highest BCUT2D eigenvalue weighted by Crippen LogP contribution is 2.38. The Balaban J connectivity index is 0.00000176. The Morgan fingerprint density at radius 3 is 2.18 bits per heavy atom. The van der Waals surface area contributed by atoms with Crippen molar-refractivity contribution in [2.45, 2.75) is 45.1 Å². The van der Waals surface area contributed by atoms with Gasteiger partial charge in [-0.2, -0.15) is 0 Å². The molecule has 0 radical (unpaired) electrons. The second-order valence-corrected chi connectivity index (χ2v) is 6.72. The van der Waals surface area contributed by atoms with Crippen LogP contribution in [0.25, 0.3) is 0 Å². The summed E-state index contributed by atoms with van der Waals surface area (Å²) in [6.07, 6.45) is 7.16. The number of piperazine rings is 1. The molecular formula is C19H31ClN2. The Bertz CT molecular complexity index is 409. The van der Waals surface area contributed by atoms with Gasteiger partial charge in [0.2, 0.25) is 0 Å². The van der Waals surface area contributed by atoms with E-state index in [1.54, 1.807) is 5.56 Å². The summed E-state index contributed by atoms with van der Waals surface area (Å²) in [5.74, 6) is 0.870. The summed E-state index contributed by atoms with van der Waals surface area (Å²) in [4.78, 5) is 5.36. The average Bonchev–Trinajstić information content (AvgIpc) is 2.58. The van der Waals surface area contributed by atoms with E-state index in [1.807, 2.05) is 0 Å². The standard InChI is InChI=1S/C19H30N2.ClH/c1-2-20-13-15-21(16-14-20)19(17-9-5-3-6-10-17)18-11-7-4-8-12-18;/h3,5-6,9-10,18-19H,2,4,7-8,11-16H2,1H3;1H. The fraction of sp³-hybridized carbons (Fsp3) is 0.684. The van der Waals surface area contributed by atoms with Gasteiger partial charge < -0.3 is 4.90 Å². The maximum Gasteiger partial charge on any atom is 0.0377 e. The third-order valence-corrected chi connectivity index (χ3v) is 5.48. The predicted octanol–water partition coefficient (Wildman–Crippen LogP) is 4.37. The number of nitrogens with zero attached hydrogens (tertiary/aromatic N) is 2. The normalized spacial score (nSPS) is 23.0. The van der Waals surface area contributed by atoms with E-state index in [0.717, 1.165) is 5.92 Å². The number of benzene rings is 1. The molecule has 1 heterocycles. The van der Waals surface area contributed by atoms with Crippen LogP contribution >= 0.6 is 12.4 Å². The molecule has 1 atom stereocenters. The van der Waals surface area contributed by atoms with Crippen molar-refractivity contribution < 1.29 is 0 Å². The summed E-state index contributed by atoms with van der Waals surface area (Å²) in [6.45, 7) is 8.45. The van der Waals surface area contributed by atoms with Gasteiger partial charge in [-0.1, -0.05) is 56.5 Å². The van der Waals surface area contributed by atoms with Crippen LogP contribution < -0.4 is 0 Å². The lowest BCUT2D eigenvalue weighted by molar-refractivity contribution is 0.0596. The summed E-state index contributed by atoms with van der Waals surface area (Å²) in [5.41, 5.74) is 1.55. The lowest BCUT2D eigenvalue weighted by Crippen LogP contribution is -2.49. The number of rotatable bonds is 4. The molecule has 22 heavy (non-hydrogen) atoms. The van der Waals surface area contributed by atoms with Gasteiger partial charge in [0.1, 0.15) is 0 Å². The first-order chi connectivity index (χ1) is 10.4. The minimum atomic E-state index is 0. The van der Waals surface area contributed by atoms with Gasteiger partial charge in [0.15, 0.2) is 0 Å². The number of hydrogen-bond donors (Lipinski definition) is 0. The quantitative estimate of drug-likeness (QED) is 0.812. The minimum absolute atomic E-state index is 0. The fourth-order valence-corrected chi connectivity index (χ4v) is 4.24. The van der Waals surface area contributed by atoms with E-state index in [4.69, 9.17) is 0 Å². The molecule has 1 aromatic rings. The van der Waals surface area contributed by atoms with Crippen molar-refractivity contribution in [3.05, 3.63) is 35.9 Å². The van der Waals surface area contributed by atoms with Crippen LogP contribution in [0.2, 0.25) is 0 Å². The van der Waals surface area contributed by atoms with Gasteiger partial charge in [0, 0.05) is 32.2 Å². The summed E-state index contributed by atoms with van der Waals surface area (Å²) in [5, 5.41) is 0. The largest absolute Gasteiger partial charge is 0.301 e. The first kappa shape index (κ1) is 17.8. The highest BCUT2D eigenvalue weighted by atomic mass is 35.5. The molecule has 0 amide bonds. The SMILES string of the molecule is CCN1CCN(C(c2ccccc2)C2CCCCC2)CC1.Cl. The molecular weight excluding hydrogens is 292 g/mol. The number of likely N-dealkylation sites (N-methyl/N-ethyl adjacent to an activating group) is 1. The summed E-state index contributed by atoms with van der Waals surface area (Å²) >= 11 is 0. The molecule has 2 nitrogen and oxygen atoms in total. The second kappa shape index (κ2) is 8.90. The monoisotopic (exact) mass is 322 g/mol. The van der Waals surface area contributed by atoms with Crippen molar-refractivity contribution in [1.29, 1.82) is 0 Å². The molecule has 1 saturated heterocycles. The van der Waals surface area contributed by atoms with Gasteiger partial charge >= 0.3 is 0 Å². The molecule has 124 valence electrons. The van der Waals surface area contributed by atoms with Crippen LogP contribution in [-0.4, -0.2) is 42.5 Å². The summed E-state index contributed by atoms with van der Waals surface area (Å²) in [6, 6.07) is 11.9. The van der Waals surface area contributed by atoms with Crippen LogP contribution in [-0.2, 0) is 0 Å². The number of hydrogen-bond acceptors (Lipinski definition) is 2. The molecule has 0 spiro atoms. The van der Waals surface area contributed by atoms with E-state index in [-0.39, 0.29) is 12.4 Å². The van der Waals surface area contributed by atoms with Crippen LogP contribution in [0.3, 0.4) is 0 Å². The zero-order valence-electron chi connectivity index (χ0n) is 13.9. The van der Waals surface area contributed by atoms with E-state index in [9.17, 15) is 0 Å². The van der Waals surface area contributed by atoms with Gasteiger partial charge in [0.25, 0.3) is 0 Å².